The first-order valence-corrected chi connectivity index (χ1v) is 8.68. The topological polar surface area (TPSA) is 63.2 Å². The fraction of sp³-hybridized carbons (Fsp3) is 0.412. The molecule has 5 nitrogen and oxygen atoms in total. The molecule has 122 valence electrons. The molecule has 0 spiro atoms. The summed E-state index contributed by atoms with van der Waals surface area (Å²) >= 11 is 1.48. The van der Waals surface area contributed by atoms with Crippen LogP contribution in [0.15, 0.2) is 29.6 Å². The standard InChI is InChI=1S/C17H21N3O2S/c1-11-9-13(7-8-18-11)19-16(21)15-10-23-17(20-15)12-3-5-14(22-2)6-4-12/h3-6,10-11,13,18H,7-9H2,1-2H3,(H,19,21). The van der Waals surface area contributed by atoms with Gasteiger partial charge in [0.15, 0.2) is 0 Å². The third-order valence-corrected chi connectivity index (χ3v) is 4.92. The normalized spacial score (nSPS) is 21.0. The molecule has 2 N–H and O–H groups in total. The van der Waals surface area contributed by atoms with Crippen LogP contribution in [-0.2, 0) is 0 Å². The second-order valence-corrected chi connectivity index (χ2v) is 6.67. The highest BCUT2D eigenvalue weighted by atomic mass is 32.1. The Labute approximate surface area is 140 Å². The van der Waals surface area contributed by atoms with Gasteiger partial charge in [-0.1, -0.05) is 0 Å². The zero-order chi connectivity index (χ0) is 16.2. The Kier molecular flexibility index (Phi) is 4.93. The number of hydrogen-bond donors (Lipinski definition) is 2. The summed E-state index contributed by atoms with van der Waals surface area (Å²) in [6.07, 6.45) is 1.92. The lowest BCUT2D eigenvalue weighted by Crippen LogP contribution is -2.46. The molecule has 1 aliphatic heterocycles. The third kappa shape index (κ3) is 3.89. The summed E-state index contributed by atoms with van der Waals surface area (Å²) in [7, 11) is 1.64. The predicted molar refractivity (Wildman–Crippen MR) is 92.1 cm³/mol. The first-order chi connectivity index (χ1) is 11.2. The molecule has 0 aliphatic carbocycles. The van der Waals surface area contributed by atoms with Crippen molar-refractivity contribution >= 4 is 17.2 Å². The fourth-order valence-corrected chi connectivity index (χ4v) is 3.57. The van der Waals surface area contributed by atoms with E-state index in [1.54, 1.807) is 7.11 Å². The molecule has 2 aromatic rings. The second kappa shape index (κ2) is 7.10. The number of nitrogens with zero attached hydrogens (tertiary/aromatic N) is 1. The van der Waals surface area contributed by atoms with Crippen molar-refractivity contribution in [2.24, 2.45) is 0 Å². The van der Waals surface area contributed by atoms with E-state index in [1.165, 1.54) is 11.3 Å². The van der Waals surface area contributed by atoms with E-state index in [-0.39, 0.29) is 11.9 Å². The van der Waals surface area contributed by atoms with Crippen molar-refractivity contribution in [1.29, 1.82) is 0 Å². The van der Waals surface area contributed by atoms with Crippen LogP contribution in [-0.4, -0.2) is 36.6 Å². The lowest BCUT2D eigenvalue weighted by molar-refractivity contribution is 0.0921. The van der Waals surface area contributed by atoms with Gasteiger partial charge in [-0.15, -0.1) is 11.3 Å². The van der Waals surface area contributed by atoms with Gasteiger partial charge in [-0.05, 0) is 50.6 Å². The average molecular weight is 331 g/mol. The van der Waals surface area contributed by atoms with Crippen LogP contribution in [0.1, 0.15) is 30.3 Å². The summed E-state index contributed by atoms with van der Waals surface area (Å²) in [5.41, 5.74) is 1.48. The number of amides is 1. The maximum absolute atomic E-state index is 12.4. The molecular weight excluding hydrogens is 310 g/mol. The van der Waals surface area contributed by atoms with E-state index in [4.69, 9.17) is 4.74 Å². The van der Waals surface area contributed by atoms with Crippen molar-refractivity contribution in [3.05, 3.63) is 35.3 Å². The molecule has 1 aromatic heterocycles. The van der Waals surface area contributed by atoms with E-state index in [0.29, 0.717) is 11.7 Å². The summed E-state index contributed by atoms with van der Waals surface area (Å²) in [5, 5.41) is 9.14. The number of thiazole rings is 1. The van der Waals surface area contributed by atoms with E-state index in [0.717, 1.165) is 35.7 Å². The largest absolute Gasteiger partial charge is 0.497 e. The molecule has 6 heteroatoms. The second-order valence-electron chi connectivity index (χ2n) is 5.82. The molecule has 3 rings (SSSR count). The van der Waals surface area contributed by atoms with Crippen molar-refractivity contribution in [3.8, 4) is 16.3 Å². The summed E-state index contributed by atoms with van der Waals surface area (Å²) in [6.45, 7) is 3.09. The SMILES string of the molecule is COc1ccc(-c2nc(C(=O)NC3CCNC(C)C3)cs2)cc1. The molecule has 1 amide bonds. The van der Waals surface area contributed by atoms with E-state index in [2.05, 4.69) is 22.5 Å². The van der Waals surface area contributed by atoms with E-state index >= 15 is 0 Å². The van der Waals surface area contributed by atoms with E-state index in [9.17, 15) is 4.79 Å². The molecule has 2 atom stereocenters. The van der Waals surface area contributed by atoms with Crippen molar-refractivity contribution in [2.75, 3.05) is 13.7 Å². The van der Waals surface area contributed by atoms with Crippen LogP contribution in [0.2, 0.25) is 0 Å². The molecule has 1 fully saturated rings. The number of ether oxygens (including phenoxy) is 1. The highest BCUT2D eigenvalue weighted by Crippen LogP contribution is 2.25. The number of aromatic nitrogens is 1. The fourth-order valence-electron chi connectivity index (χ4n) is 2.77. The Bertz CT molecular complexity index is 669. The Morgan fingerprint density at radius 3 is 2.87 bits per heavy atom. The first kappa shape index (κ1) is 16.0. The van der Waals surface area contributed by atoms with E-state index in [1.807, 2.05) is 29.6 Å². The molecule has 2 unspecified atom stereocenters. The molecule has 0 bridgehead atoms. The Balaban J connectivity index is 1.66. The van der Waals surface area contributed by atoms with Crippen molar-refractivity contribution < 1.29 is 9.53 Å². The summed E-state index contributed by atoms with van der Waals surface area (Å²) in [5.74, 6) is 0.725. The monoisotopic (exact) mass is 331 g/mol. The lowest BCUT2D eigenvalue weighted by atomic mass is 10.0. The zero-order valence-corrected chi connectivity index (χ0v) is 14.2. The van der Waals surface area contributed by atoms with Crippen LogP contribution in [0.3, 0.4) is 0 Å². The molecule has 1 aromatic carbocycles. The average Bonchev–Trinajstić information content (AvgIpc) is 3.05. The molecular formula is C17H21N3O2S. The first-order valence-electron chi connectivity index (χ1n) is 7.80. The van der Waals surface area contributed by atoms with Gasteiger partial charge in [0.25, 0.3) is 5.91 Å². The third-order valence-electron chi connectivity index (χ3n) is 4.03. The minimum atomic E-state index is -0.0832. The van der Waals surface area contributed by atoms with Gasteiger partial charge >= 0.3 is 0 Å². The number of hydrogen-bond acceptors (Lipinski definition) is 5. The number of methoxy groups -OCH3 is 1. The van der Waals surface area contributed by atoms with Gasteiger partial charge in [-0.2, -0.15) is 0 Å². The highest BCUT2D eigenvalue weighted by molar-refractivity contribution is 7.13. The highest BCUT2D eigenvalue weighted by Gasteiger charge is 2.21. The summed E-state index contributed by atoms with van der Waals surface area (Å²) < 4.78 is 5.16. The number of carbonyl (C=O) groups excluding carboxylic acids is 1. The Hall–Kier alpha value is -1.92. The van der Waals surface area contributed by atoms with Crippen LogP contribution in [0.4, 0.5) is 0 Å². The van der Waals surface area contributed by atoms with Gasteiger partial charge in [0.1, 0.15) is 16.5 Å². The minimum Gasteiger partial charge on any atom is -0.497 e. The van der Waals surface area contributed by atoms with Gasteiger partial charge in [0, 0.05) is 23.0 Å². The minimum absolute atomic E-state index is 0.0832. The molecule has 1 aliphatic rings. The van der Waals surface area contributed by atoms with Gasteiger partial charge in [0.05, 0.1) is 7.11 Å². The van der Waals surface area contributed by atoms with Crippen molar-refractivity contribution in [2.45, 2.75) is 31.8 Å². The summed E-state index contributed by atoms with van der Waals surface area (Å²) in [6, 6.07) is 8.37. The zero-order valence-electron chi connectivity index (χ0n) is 13.3. The van der Waals surface area contributed by atoms with Crippen molar-refractivity contribution in [3.63, 3.8) is 0 Å². The smallest absolute Gasteiger partial charge is 0.270 e. The van der Waals surface area contributed by atoms with Crippen LogP contribution < -0.4 is 15.4 Å². The maximum Gasteiger partial charge on any atom is 0.270 e. The van der Waals surface area contributed by atoms with Crippen molar-refractivity contribution in [1.82, 2.24) is 15.6 Å². The van der Waals surface area contributed by atoms with Crippen LogP contribution in [0.25, 0.3) is 10.6 Å². The Morgan fingerprint density at radius 1 is 1.39 bits per heavy atom. The van der Waals surface area contributed by atoms with Gasteiger partial charge in [0.2, 0.25) is 0 Å². The quantitative estimate of drug-likeness (QED) is 0.904. The number of rotatable bonds is 4. The number of piperidine rings is 1. The number of carbonyl (C=O) groups is 1. The molecule has 2 heterocycles. The van der Waals surface area contributed by atoms with E-state index < -0.39 is 0 Å². The van der Waals surface area contributed by atoms with Crippen LogP contribution in [0.5, 0.6) is 5.75 Å². The lowest BCUT2D eigenvalue weighted by Gasteiger charge is -2.28. The Morgan fingerprint density at radius 2 is 2.17 bits per heavy atom. The molecule has 0 saturated carbocycles. The molecule has 0 radical (unpaired) electrons. The van der Waals surface area contributed by atoms with Gasteiger partial charge < -0.3 is 15.4 Å². The molecule has 23 heavy (non-hydrogen) atoms. The predicted octanol–water partition coefficient (Wildman–Crippen LogP) is 2.69. The number of nitrogens with one attached hydrogen (secondary N) is 2. The summed E-state index contributed by atoms with van der Waals surface area (Å²) in [4.78, 5) is 16.8. The molecule has 1 saturated heterocycles. The van der Waals surface area contributed by atoms with Crippen LogP contribution >= 0.6 is 11.3 Å². The van der Waals surface area contributed by atoms with Gasteiger partial charge in [-0.25, -0.2) is 4.98 Å². The maximum atomic E-state index is 12.4. The van der Waals surface area contributed by atoms with Gasteiger partial charge in [-0.3, -0.25) is 4.79 Å². The number of benzene rings is 1. The van der Waals surface area contributed by atoms with Crippen LogP contribution in [0, 0.1) is 0 Å².